The summed E-state index contributed by atoms with van der Waals surface area (Å²) in [5.41, 5.74) is 3.60. The fraction of sp³-hybridized carbons (Fsp3) is 0.143. The number of fused-ring (bicyclic) bond motifs is 1. The standard InChI is InChI=1S/C14H12N2O2/c1-8-14(9(2)18-16-8)10-3-4-11-12(7-10)15-6-5-13(11)17/h3-7H,1-2H3,(H,15,17). The monoisotopic (exact) mass is 240 g/mol. The molecule has 0 unspecified atom stereocenters. The number of hydrogen-bond donors (Lipinski definition) is 1. The second kappa shape index (κ2) is 3.84. The van der Waals surface area contributed by atoms with E-state index in [4.69, 9.17) is 4.52 Å². The van der Waals surface area contributed by atoms with Crippen LogP contribution in [0.1, 0.15) is 11.5 Å². The lowest BCUT2D eigenvalue weighted by Crippen LogP contribution is -1.84. The maximum absolute atomic E-state index is 9.73. The Balaban J connectivity index is 2.26. The van der Waals surface area contributed by atoms with Gasteiger partial charge in [0.1, 0.15) is 11.5 Å². The van der Waals surface area contributed by atoms with Crippen molar-refractivity contribution in [1.82, 2.24) is 10.1 Å². The highest BCUT2D eigenvalue weighted by molar-refractivity contribution is 5.89. The lowest BCUT2D eigenvalue weighted by molar-refractivity contribution is 0.393. The van der Waals surface area contributed by atoms with Crippen LogP contribution in [0.25, 0.3) is 22.0 Å². The van der Waals surface area contributed by atoms with Crippen LogP contribution in [0.5, 0.6) is 5.75 Å². The summed E-state index contributed by atoms with van der Waals surface area (Å²) in [4.78, 5) is 4.26. The molecule has 3 rings (SSSR count). The quantitative estimate of drug-likeness (QED) is 0.709. The van der Waals surface area contributed by atoms with Crippen LogP contribution in [0.4, 0.5) is 0 Å². The van der Waals surface area contributed by atoms with Crippen LogP contribution < -0.4 is 0 Å². The zero-order valence-electron chi connectivity index (χ0n) is 10.1. The predicted octanol–water partition coefficient (Wildman–Crippen LogP) is 3.21. The van der Waals surface area contributed by atoms with E-state index in [1.807, 2.05) is 32.0 Å². The van der Waals surface area contributed by atoms with E-state index in [0.717, 1.165) is 33.5 Å². The first-order valence-electron chi connectivity index (χ1n) is 5.68. The molecule has 0 atom stereocenters. The molecule has 0 saturated carbocycles. The summed E-state index contributed by atoms with van der Waals surface area (Å²) in [5.74, 6) is 1.03. The van der Waals surface area contributed by atoms with Crippen LogP contribution in [0, 0.1) is 13.8 Å². The van der Waals surface area contributed by atoms with E-state index in [-0.39, 0.29) is 5.75 Å². The molecule has 1 aromatic carbocycles. The van der Waals surface area contributed by atoms with Gasteiger partial charge in [-0.3, -0.25) is 4.98 Å². The van der Waals surface area contributed by atoms with E-state index >= 15 is 0 Å². The molecule has 0 aliphatic rings. The first kappa shape index (κ1) is 10.8. The van der Waals surface area contributed by atoms with Gasteiger partial charge in [-0.25, -0.2) is 0 Å². The van der Waals surface area contributed by atoms with Gasteiger partial charge in [0, 0.05) is 17.1 Å². The molecule has 0 aliphatic carbocycles. The van der Waals surface area contributed by atoms with Crippen molar-refractivity contribution in [2.75, 3.05) is 0 Å². The molecule has 0 saturated heterocycles. The van der Waals surface area contributed by atoms with Gasteiger partial charge in [-0.2, -0.15) is 0 Å². The van der Waals surface area contributed by atoms with Crippen molar-refractivity contribution in [3.63, 3.8) is 0 Å². The summed E-state index contributed by atoms with van der Waals surface area (Å²) < 4.78 is 5.17. The zero-order valence-corrected chi connectivity index (χ0v) is 10.1. The molecule has 3 aromatic rings. The van der Waals surface area contributed by atoms with Crippen molar-refractivity contribution in [3.05, 3.63) is 41.9 Å². The Morgan fingerprint density at radius 3 is 2.72 bits per heavy atom. The van der Waals surface area contributed by atoms with Crippen molar-refractivity contribution in [2.24, 2.45) is 0 Å². The smallest absolute Gasteiger partial charge is 0.141 e. The first-order chi connectivity index (χ1) is 8.66. The van der Waals surface area contributed by atoms with Crippen LogP contribution in [-0.4, -0.2) is 15.2 Å². The molecule has 90 valence electrons. The van der Waals surface area contributed by atoms with Gasteiger partial charge in [-0.1, -0.05) is 11.2 Å². The van der Waals surface area contributed by atoms with Gasteiger partial charge in [0.15, 0.2) is 0 Å². The number of aromatic hydroxyl groups is 1. The molecular formula is C14H12N2O2. The molecule has 4 heteroatoms. The summed E-state index contributed by atoms with van der Waals surface area (Å²) in [5, 5.41) is 14.4. The number of hydrogen-bond acceptors (Lipinski definition) is 4. The molecule has 4 nitrogen and oxygen atoms in total. The highest BCUT2D eigenvalue weighted by Crippen LogP contribution is 2.31. The van der Waals surface area contributed by atoms with Crippen LogP contribution in [0.15, 0.2) is 35.0 Å². The first-order valence-corrected chi connectivity index (χ1v) is 5.68. The van der Waals surface area contributed by atoms with E-state index in [0.29, 0.717) is 0 Å². The molecular weight excluding hydrogens is 228 g/mol. The molecule has 18 heavy (non-hydrogen) atoms. The van der Waals surface area contributed by atoms with Gasteiger partial charge in [0.2, 0.25) is 0 Å². The van der Waals surface area contributed by atoms with Gasteiger partial charge >= 0.3 is 0 Å². The van der Waals surface area contributed by atoms with Gasteiger partial charge in [-0.15, -0.1) is 0 Å². The maximum atomic E-state index is 9.73. The van der Waals surface area contributed by atoms with Crippen LogP contribution in [0.3, 0.4) is 0 Å². The molecule has 2 aromatic heterocycles. The lowest BCUT2D eigenvalue weighted by Gasteiger charge is -2.04. The lowest BCUT2D eigenvalue weighted by atomic mass is 10.0. The Morgan fingerprint density at radius 1 is 1.17 bits per heavy atom. The average molecular weight is 240 g/mol. The van der Waals surface area contributed by atoms with Crippen molar-refractivity contribution >= 4 is 10.9 Å². The van der Waals surface area contributed by atoms with E-state index in [1.165, 1.54) is 0 Å². The minimum atomic E-state index is 0.241. The van der Waals surface area contributed by atoms with E-state index < -0.39 is 0 Å². The predicted molar refractivity (Wildman–Crippen MR) is 68.4 cm³/mol. The molecule has 0 aliphatic heterocycles. The normalized spacial score (nSPS) is 11.0. The number of rotatable bonds is 1. The van der Waals surface area contributed by atoms with Crippen molar-refractivity contribution in [3.8, 4) is 16.9 Å². The molecule has 0 radical (unpaired) electrons. The van der Waals surface area contributed by atoms with E-state index in [1.54, 1.807) is 12.3 Å². The third-order valence-corrected chi connectivity index (χ3v) is 3.04. The summed E-state index contributed by atoms with van der Waals surface area (Å²) in [7, 11) is 0. The third kappa shape index (κ3) is 1.54. The number of aromatic nitrogens is 2. The van der Waals surface area contributed by atoms with Gasteiger partial charge in [0.05, 0.1) is 11.2 Å². The summed E-state index contributed by atoms with van der Waals surface area (Å²) >= 11 is 0. The van der Waals surface area contributed by atoms with Crippen molar-refractivity contribution in [2.45, 2.75) is 13.8 Å². The van der Waals surface area contributed by atoms with Gasteiger partial charge < -0.3 is 9.63 Å². The van der Waals surface area contributed by atoms with Gasteiger partial charge in [-0.05, 0) is 37.6 Å². The summed E-state index contributed by atoms with van der Waals surface area (Å²) in [6.07, 6.45) is 1.59. The Kier molecular flexibility index (Phi) is 2.30. The number of nitrogens with zero attached hydrogens (tertiary/aromatic N) is 2. The molecule has 0 spiro atoms. The largest absolute Gasteiger partial charge is 0.507 e. The maximum Gasteiger partial charge on any atom is 0.141 e. The summed E-state index contributed by atoms with van der Waals surface area (Å²) in [6, 6.07) is 7.31. The number of pyridine rings is 1. The second-order valence-corrected chi connectivity index (χ2v) is 4.26. The SMILES string of the molecule is Cc1noc(C)c1-c1ccc2c(O)ccnc2c1. The average Bonchev–Trinajstić information content (AvgIpc) is 2.69. The zero-order chi connectivity index (χ0) is 12.7. The van der Waals surface area contributed by atoms with Crippen molar-refractivity contribution < 1.29 is 9.63 Å². The van der Waals surface area contributed by atoms with E-state index in [2.05, 4.69) is 10.1 Å². The van der Waals surface area contributed by atoms with Crippen LogP contribution in [0.2, 0.25) is 0 Å². The number of benzene rings is 1. The Hall–Kier alpha value is -2.36. The second-order valence-electron chi connectivity index (χ2n) is 4.26. The van der Waals surface area contributed by atoms with Gasteiger partial charge in [0.25, 0.3) is 0 Å². The minimum Gasteiger partial charge on any atom is -0.507 e. The topological polar surface area (TPSA) is 59.2 Å². The third-order valence-electron chi connectivity index (χ3n) is 3.04. The Morgan fingerprint density at radius 2 is 2.00 bits per heavy atom. The molecule has 1 N–H and O–H groups in total. The molecule has 0 fully saturated rings. The summed E-state index contributed by atoms with van der Waals surface area (Å²) in [6.45, 7) is 3.79. The highest BCUT2D eigenvalue weighted by Gasteiger charge is 2.12. The van der Waals surface area contributed by atoms with E-state index in [9.17, 15) is 5.11 Å². The van der Waals surface area contributed by atoms with Crippen molar-refractivity contribution in [1.29, 1.82) is 0 Å². The molecule has 0 amide bonds. The molecule has 0 bridgehead atoms. The fourth-order valence-corrected chi connectivity index (χ4v) is 2.18. The fourth-order valence-electron chi connectivity index (χ4n) is 2.18. The Labute approximate surface area is 104 Å². The number of aryl methyl sites for hydroxylation is 2. The Bertz CT molecular complexity index is 712. The minimum absolute atomic E-state index is 0.241. The van der Waals surface area contributed by atoms with Crippen LogP contribution >= 0.6 is 0 Å². The molecule has 2 heterocycles. The highest BCUT2D eigenvalue weighted by atomic mass is 16.5. The van der Waals surface area contributed by atoms with Crippen LogP contribution in [-0.2, 0) is 0 Å².